The first-order valence-electron chi connectivity index (χ1n) is 5.34. The molecule has 1 fully saturated rings. The van der Waals surface area contributed by atoms with Gasteiger partial charge < -0.3 is 10.6 Å². The molecule has 0 radical (unpaired) electrons. The van der Waals surface area contributed by atoms with E-state index in [1.165, 1.54) is 6.42 Å². The molecular weight excluding hydrogens is 174 g/mol. The van der Waals surface area contributed by atoms with Gasteiger partial charge in [0.1, 0.15) is 0 Å². The van der Waals surface area contributed by atoms with E-state index in [1.54, 1.807) is 0 Å². The molecule has 1 saturated heterocycles. The molecule has 0 saturated carbocycles. The van der Waals surface area contributed by atoms with Gasteiger partial charge >= 0.3 is 0 Å². The van der Waals surface area contributed by atoms with Gasteiger partial charge in [0.2, 0.25) is 0 Å². The van der Waals surface area contributed by atoms with Crippen LogP contribution in [0.15, 0.2) is 0 Å². The minimum atomic E-state index is -0.229. The molecule has 0 spiro atoms. The molecule has 2 atom stereocenters. The summed E-state index contributed by atoms with van der Waals surface area (Å²) in [4.78, 5) is 2.36. The van der Waals surface area contributed by atoms with E-state index in [-0.39, 0.29) is 11.5 Å². The highest BCUT2D eigenvalue weighted by molar-refractivity contribution is 4.95. The third kappa shape index (κ3) is 2.97. The van der Waals surface area contributed by atoms with E-state index >= 15 is 0 Å². The van der Waals surface area contributed by atoms with E-state index < -0.39 is 0 Å². The lowest BCUT2D eigenvalue weighted by molar-refractivity contribution is 0.245. The van der Waals surface area contributed by atoms with Crippen LogP contribution in [0.3, 0.4) is 0 Å². The smallest absolute Gasteiger partial charge is 0.0697 e. The fourth-order valence-corrected chi connectivity index (χ4v) is 2.03. The molecule has 0 aromatic carbocycles. The van der Waals surface area contributed by atoms with Crippen LogP contribution in [0.1, 0.15) is 27.2 Å². The second-order valence-electron chi connectivity index (χ2n) is 5.14. The molecule has 14 heavy (non-hydrogen) atoms. The van der Waals surface area contributed by atoms with Gasteiger partial charge in [-0.25, -0.2) is 0 Å². The third-order valence-corrected chi connectivity index (χ3v) is 2.97. The average Bonchev–Trinajstić information content (AvgIpc) is 2.52. The fourth-order valence-electron chi connectivity index (χ4n) is 2.03. The van der Waals surface area contributed by atoms with Crippen LogP contribution in [0.5, 0.6) is 0 Å². The topological polar surface area (TPSA) is 53.0 Å². The SMILES string of the molecule is CC(N)C1CCN(CC(C)(C)C#N)C1. The molecule has 2 N–H and O–H groups in total. The zero-order valence-electron chi connectivity index (χ0n) is 9.45. The van der Waals surface area contributed by atoms with E-state index in [9.17, 15) is 0 Å². The second-order valence-corrected chi connectivity index (χ2v) is 5.14. The molecule has 3 heteroatoms. The standard InChI is InChI=1S/C11H21N3/c1-9(13)10-4-5-14(6-10)8-11(2,3)7-12/h9-10H,4-6,8,13H2,1-3H3. The lowest BCUT2D eigenvalue weighted by Gasteiger charge is -2.24. The Labute approximate surface area is 86.9 Å². The molecule has 1 aliphatic rings. The number of hydrogen-bond acceptors (Lipinski definition) is 3. The Morgan fingerprint density at radius 2 is 2.29 bits per heavy atom. The van der Waals surface area contributed by atoms with Gasteiger partial charge in [0.15, 0.2) is 0 Å². The predicted molar refractivity (Wildman–Crippen MR) is 57.6 cm³/mol. The number of nitrogens with zero attached hydrogens (tertiary/aromatic N) is 2. The van der Waals surface area contributed by atoms with Gasteiger partial charge in [-0.2, -0.15) is 5.26 Å². The maximum absolute atomic E-state index is 8.93. The summed E-state index contributed by atoms with van der Waals surface area (Å²) in [5, 5.41) is 8.93. The summed E-state index contributed by atoms with van der Waals surface area (Å²) in [7, 11) is 0. The molecule has 2 unspecified atom stereocenters. The summed E-state index contributed by atoms with van der Waals surface area (Å²) in [6, 6.07) is 2.62. The fraction of sp³-hybridized carbons (Fsp3) is 0.909. The molecule has 3 nitrogen and oxygen atoms in total. The molecule has 0 aromatic rings. The van der Waals surface area contributed by atoms with Crippen LogP contribution in [0.2, 0.25) is 0 Å². The van der Waals surface area contributed by atoms with Gasteiger partial charge in [0.05, 0.1) is 11.5 Å². The minimum Gasteiger partial charge on any atom is -0.328 e. The predicted octanol–water partition coefficient (Wildman–Crippen LogP) is 1.21. The molecule has 0 bridgehead atoms. The number of rotatable bonds is 3. The van der Waals surface area contributed by atoms with E-state index in [1.807, 2.05) is 13.8 Å². The maximum Gasteiger partial charge on any atom is 0.0697 e. The Balaban J connectivity index is 2.41. The largest absolute Gasteiger partial charge is 0.328 e. The number of nitrogens with two attached hydrogens (primary N) is 1. The van der Waals surface area contributed by atoms with Gasteiger partial charge in [0, 0.05) is 19.1 Å². The van der Waals surface area contributed by atoms with Crippen molar-refractivity contribution in [2.24, 2.45) is 17.1 Å². The first-order valence-corrected chi connectivity index (χ1v) is 5.34. The van der Waals surface area contributed by atoms with Crippen molar-refractivity contribution in [2.75, 3.05) is 19.6 Å². The molecule has 1 rings (SSSR count). The van der Waals surface area contributed by atoms with Gasteiger partial charge in [0.25, 0.3) is 0 Å². The van der Waals surface area contributed by atoms with Crippen LogP contribution in [0, 0.1) is 22.7 Å². The number of likely N-dealkylation sites (tertiary alicyclic amines) is 1. The normalized spacial score (nSPS) is 26.1. The van der Waals surface area contributed by atoms with E-state index in [2.05, 4.69) is 17.9 Å². The van der Waals surface area contributed by atoms with Crippen molar-refractivity contribution in [1.82, 2.24) is 4.90 Å². The van der Waals surface area contributed by atoms with Crippen LogP contribution in [0.25, 0.3) is 0 Å². The summed E-state index contributed by atoms with van der Waals surface area (Å²) in [5.74, 6) is 0.615. The zero-order valence-corrected chi connectivity index (χ0v) is 9.45. The first kappa shape index (κ1) is 11.5. The van der Waals surface area contributed by atoms with Crippen molar-refractivity contribution >= 4 is 0 Å². The highest BCUT2D eigenvalue weighted by Gasteiger charge is 2.29. The van der Waals surface area contributed by atoms with Crippen LogP contribution >= 0.6 is 0 Å². The van der Waals surface area contributed by atoms with E-state index in [4.69, 9.17) is 11.0 Å². The van der Waals surface area contributed by atoms with Gasteiger partial charge in [-0.1, -0.05) is 0 Å². The summed E-state index contributed by atoms with van der Waals surface area (Å²) >= 11 is 0. The van der Waals surface area contributed by atoms with Crippen molar-refractivity contribution in [1.29, 1.82) is 5.26 Å². The Morgan fingerprint density at radius 1 is 1.64 bits per heavy atom. The van der Waals surface area contributed by atoms with Crippen LogP contribution in [0.4, 0.5) is 0 Å². The lowest BCUT2D eigenvalue weighted by atomic mass is 9.95. The van der Waals surface area contributed by atoms with Crippen molar-refractivity contribution in [3.63, 3.8) is 0 Å². The van der Waals surface area contributed by atoms with Crippen molar-refractivity contribution in [2.45, 2.75) is 33.2 Å². The lowest BCUT2D eigenvalue weighted by Crippen LogP contribution is -2.34. The number of hydrogen-bond donors (Lipinski definition) is 1. The van der Waals surface area contributed by atoms with Gasteiger partial charge in [-0.15, -0.1) is 0 Å². The average molecular weight is 195 g/mol. The molecule has 0 amide bonds. The molecule has 1 heterocycles. The maximum atomic E-state index is 8.93. The Kier molecular flexibility index (Phi) is 3.52. The summed E-state index contributed by atoms with van der Waals surface area (Å²) < 4.78 is 0. The molecule has 0 aromatic heterocycles. The zero-order chi connectivity index (χ0) is 10.8. The van der Waals surface area contributed by atoms with Crippen LogP contribution < -0.4 is 5.73 Å². The van der Waals surface area contributed by atoms with Gasteiger partial charge in [-0.3, -0.25) is 0 Å². The van der Waals surface area contributed by atoms with E-state index in [0.717, 1.165) is 19.6 Å². The van der Waals surface area contributed by atoms with Crippen LogP contribution in [-0.4, -0.2) is 30.6 Å². The minimum absolute atomic E-state index is 0.229. The molecule has 80 valence electrons. The second kappa shape index (κ2) is 4.29. The Bertz CT molecular complexity index is 227. The first-order chi connectivity index (χ1) is 6.44. The summed E-state index contributed by atoms with van der Waals surface area (Å²) in [6.45, 7) is 9.08. The van der Waals surface area contributed by atoms with Crippen molar-refractivity contribution in [3.05, 3.63) is 0 Å². The van der Waals surface area contributed by atoms with E-state index in [0.29, 0.717) is 5.92 Å². The summed E-state index contributed by atoms with van der Waals surface area (Å²) in [6.07, 6.45) is 1.18. The Morgan fingerprint density at radius 3 is 2.71 bits per heavy atom. The summed E-state index contributed by atoms with van der Waals surface area (Å²) in [5.41, 5.74) is 5.64. The molecule has 0 aliphatic carbocycles. The van der Waals surface area contributed by atoms with Crippen LogP contribution in [-0.2, 0) is 0 Å². The van der Waals surface area contributed by atoms with Crippen molar-refractivity contribution < 1.29 is 0 Å². The highest BCUT2D eigenvalue weighted by Crippen LogP contribution is 2.23. The van der Waals surface area contributed by atoms with Gasteiger partial charge in [-0.05, 0) is 39.7 Å². The highest BCUT2D eigenvalue weighted by atomic mass is 15.2. The van der Waals surface area contributed by atoms with Crippen molar-refractivity contribution in [3.8, 4) is 6.07 Å². The monoisotopic (exact) mass is 195 g/mol. The number of nitriles is 1. The quantitative estimate of drug-likeness (QED) is 0.736. The Hall–Kier alpha value is -0.590. The molecule has 1 aliphatic heterocycles. The third-order valence-electron chi connectivity index (χ3n) is 2.97. The molecular formula is C11H21N3.